The number of carbonyl (C=O) groups is 2. The molecule has 1 rings (SSSR count). The zero-order valence-electron chi connectivity index (χ0n) is 6.27. The van der Waals surface area contributed by atoms with Gasteiger partial charge < -0.3 is 0 Å². The van der Waals surface area contributed by atoms with Crippen molar-refractivity contribution in [3.63, 3.8) is 0 Å². The fourth-order valence-electron chi connectivity index (χ4n) is 0.310. The van der Waals surface area contributed by atoms with Gasteiger partial charge in [0.15, 0.2) is 0 Å². The third kappa shape index (κ3) is 7.82. The second-order valence-corrected chi connectivity index (χ2v) is 3.08. The van der Waals surface area contributed by atoms with E-state index >= 15 is 0 Å². The Bertz CT molecular complexity index is 153. The largest absolute Gasteiger partial charge is 0.281 e. The van der Waals surface area contributed by atoms with Crippen LogP contribution >= 0.6 is 23.2 Å². The maximum Gasteiger partial charge on any atom is 0.224 e. The van der Waals surface area contributed by atoms with Crippen molar-refractivity contribution in [1.29, 1.82) is 0 Å². The van der Waals surface area contributed by atoms with Gasteiger partial charge in [0, 0.05) is 12.3 Å². The molecule has 0 aromatic carbocycles. The monoisotopic (exact) mass is 196 g/mol. The van der Waals surface area contributed by atoms with Crippen LogP contribution in [0.4, 0.5) is 0 Å². The molecule has 1 aliphatic carbocycles. The van der Waals surface area contributed by atoms with Crippen molar-refractivity contribution < 1.29 is 9.59 Å². The second-order valence-electron chi connectivity index (χ2n) is 2.29. The molecule has 1 fully saturated rings. The molecule has 1 saturated carbocycles. The summed E-state index contributed by atoms with van der Waals surface area (Å²) in [4.78, 5) is 19.5. The third-order valence-electron chi connectivity index (χ3n) is 1.18. The highest BCUT2D eigenvalue weighted by atomic mass is 35.5. The molecule has 0 aromatic rings. The van der Waals surface area contributed by atoms with E-state index in [0.717, 1.165) is 12.8 Å². The Balaban J connectivity index is 0.000000187. The summed E-state index contributed by atoms with van der Waals surface area (Å²) in [7, 11) is 0. The lowest BCUT2D eigenvalue weighted by atomic mass is 10.5. The first kappa shape index (κ1) is 10.9. The highest BCUT2D eigenvalue weighted by Crippen LogP contribution is 2.30. The molecule has 4 heteroatoms. The molecule has 0 aliphatic heterocycles. The molecule has 0 heterocycles. The quantitative estimate of drug-likeness (QED) is 0.636. The fourth-order valence-corrected chi connectivity index (χ4v) is 0.529. The molecule has 11 heavy (non-hydrogen) atoms. The minimum atomic E-state index is -0.273. The molecule has 0 saturated heterocycles. The number of rotatable bonds is 2. The van der Waals surface area contributed by atoms with Gasteiger partial charge in [-0.15, -0.1) is 0 Å². The van der Waals surface area contributed by atoms with E-state index in [4.69, 9.17) is 23.2 Å². The minimum Gasteiger partial charge on any atom is -0.281 e. The van der Waals surface area contributed by atoms with Gasteiger partial charge in [-0.2, -0.15) is 0 Å². The number of halogens is 2. The third-order valence-corrected chi connectivity index (χ3v) is 1.75. The van der Waals surface area contributed by atoms with Crippen LogP contribution in [0.1, 0.15) is 26.2 Å². The molecule has 1 aliphatic rings. The van der Waals surface area contributed by atoms with Gasteiger partial charge in [0.05, 0.1) is 0 Å². The summed E-state index contributed by atoms with van der Waals surface area (Å²) in [5, 5.41) is -0.431. The predicted octanol–water partition coefficient (Wildman–Crippen LogP) is 2.32. The molecule has 0 atom stereocenters. The van der Waals surface area contributed by atoms with Crippen LogP contribution in [0.15, 0.2) is 0 Å². The molecular weight excluding hydrogens is 187 g/mol. The summed E-state index contributed by atoms with van der Waals surface area (Å²) in [6, 6.07) is 0. The van der Waals surface area contributed by atoms with E-state index in [0.29, 0.717) is 6.42 Å². The Labute approximate surface area is 75.9 Å². The first-order valence-electron chi connectivity index (χ1n) is 3.45. The molecule has 0 radical (unpaired) electrons. The number of hydrogen-bond acceptors (Lipinski definition) is 2. The van der Waals surface area contributed by atoms with Crippen molar-refractivity contribution >= 4 is 33.7 Å². The Morgan fingerprint density at radius 2 is 1.73 bits per heavy atom. The van der Waals surface area contributed by atoms with Crippen LogP contribution in [0.2, 0.25) is 0 Å². The van der Waals surface area contributed by atoms with Crippen LogP contribution in [0, 0.1) is 5.92 Å². The van der Waals surface area contributed by atoms with Gasteiger partial charge in [0.2, 0.25) is 10.5 Å². The van der Waals surface area contributed by atoms with E-state index in [9.17, 15) is 9.59 Å². The fraction of sp³-hybridized carbons (Fsp3) is 0.714. The highest BCUT2D eigenvalue weighted by molar-refractivity contribution is 6.64. The maximum atomic E-state index is 9.97. The standard InChI is InChI=1S/C4H5ClO.C3H5ClO/c5-4(6)3-1-2-3;1-2-3(4)5/h3H,1-2H2;2H2,1H3. The molecule has 2 nitrogen and oxygen atoms in total. The van der Waals surface area contributed by atoms with Gasteiger partial charge in [-0.05, 0) is 36.0 Å². The first-order valence-corrected chi connectivity index (χ1v) is 4.21. The summed E-state index contributed by atoms with van der Waals surface area (Å²) < 4.78 is 0. The Morgan fingerprint density at radius 3 is 1.73 bits per heavy atom. The van der Waals surface area contributed by atoms with E-state index in [1.165, 1.54) is 0 Å². The van der Waals surface area contributed by atoms with E-state index < -0.39 is 0 Å². The Kier molecular flexibility index (Phi) is 5.51. The first-order chi connectivity index (χ1) is 5.07. The van der Waals surface area contributed by atoms with Crippen molar-refractivity contribution in [2.24, 2.45) is 5.92 Å². The van der Waals surface area contributed by atoms with Gasteiger partial charge in [-0.25, -0.2) is 0 Å². The van der Waals surface area contributed by atoms with Crippen molar-refractivity contribution in [2.45, 2.75) is 26.2 Å². The normalized spacial score (nSPS) is 14.8. The zero-order chi connectivity index (χ0) is 8.85. The maximum absolute atomic E-state index is 9.97. The van der Waals surface area contributed by atoms with E-state index in [-0.39, 0.29) is 16.4 Å². The summed E-state index contributed by atoms with van der Waals surface area (Å²) in [5.74, 6) is 0.228. The highest BCUT2D eigenvalue weighted by Gasteiger charge is 2.27. The van der Waals surface area contributed by atoms with Crippen LogP contribution in [0.5, 0.6) is 0 Å². The molecular formula is C7H10Cl2O2. The Hall–Kier alpha value is -0.0800. The SMILES string of the molecule is CCC(=O)Cl.O=C(Cl)C1CC1. The second kappa shape index (κ2) is 5.56. The lowest BCUT2D eigenvalue weighted by molar-refractivity contribution is -0.113. The van der Waals surface area contributed by atoms with E-state index in [1.54, 1.807) is 6.92 Å². The van der Waals surface area contributed by atoms with Crippen molar-refractivity contribution in [3.05, 3.63) is 0 Å². The average molecular weight is 197 g/mol. The zero-order valence-corrected chi connectivity index (χ0v) is 7.78. The molecule has 0 aromatic heterocycles. The topological polar surface area (TPSA) is 34.1 Å². The van der Waals surface area contributed by atoms with Crippen molar-refractivity contribution in [3.8, 4) is 0 Å². The van der Waals surface area contributed by atoms with Gasteiger partial charge in [0.1, 0.15) is 0 Å². The van der Waals surface area contributed by atoms with E-state index in [1.807, 2.05) is 0 Å². The van der Waals surface area contributed by atoms with Crippen LogP contribution in [0.25, 0.3) is 0 Å². The molecule has 0 N–H and O–H groups in total. The van der Waals surface area contributed by atoms with Crippen LogP contribution < -0.4 is 0 Å². The van der Waals surface area contributed by atoms with Crippen LogP contribution in [-0.2, 0) is 9.59 Å². The molecule has 0 unspecified atom stereocenters. The van der Waals surface area contributed by atoms with Gasteiger partial charge in [-0.1, -0.05) is 6.92 Å². The average Bonchev–Trinajstić information content (AvgIpc) is 2.69. The molecule has 0 amide bonds. The van der Waals surface area contributed by atoms with Crippen molar-refractivity contribution in [2.75, 3.05) is 0 Å². The summed E-state index contributed by atoms with van der Waals surface area (Å²) in [6.45, 7) is 1.72. The van der Waals surface area contributed by atoms with Crippen LogP contribution in [0.3, 0.4) is 0 Å². The van der Waals surface area contributed by atoms with Crippen LogP contribution in [-0.4, -0.2) is 10.5 Å². The predicted molar refractivity (Wildman–Crippen MR) is 44.7 cm³/mol. The number of hydrogen-bond donors (Lipinski definition) is 0. The summed E-state index contributed by atoms with van der Waals surface area (Å²) >= 11 is 9.86. The summed E-state index contributed by atoms with van der Waals surface area (Å²) in [5.41, 5.74) is 0. The van der Waals surface area contributed by atoms with Gasteiger partial charge in [-0.3, -0.25) is 9.59 Å². The molecule has 64 valence electrons. The molecule has 0 bridgehead atoms. The number of carbonyl (C=O) groups excluding carboxylic acids is 2. The van der Waals surface area contributed by atoms with E-state index in [2.05, 4.69) is 0 Å². The van der Waals surface area contributed by atoms with Gasteiger partial charge in [0.25, 0.3) is 0 Å². The minimum absolute atomic E-state index is 0.157. The van der Waals surface area contributed by atoms with Gasteiger partial charge >= 0.3 is 0 Å². The summed E-state index contributed by atoms with van der Waals surface area (Å²) in [6.07, 6.45) is 2.46. The smallest absolute Gasteiger partial charge is 0.224 e. The Morgan fingerprint density at radius 1 is 1.36 bits per heavy atom. The van der Waals surface area contributed by atoms with Crippen molar-refractivity contribution in [1.82, 2.24) is 0 Å². The lowest BCUT2D eigenvalue weighted by Gasteiger charge is -1.72. The lowest BCUT2D eigenvalue weighted by Crippen LogP contribution is -1.83. The molecule has 0 spiro atoms.